The average Bonchev–Trinajstić information content (AvgIpc) is 3.89. The number of aryl methyl sites for hydroxylation is 1. The van der Waals surface area contributed by atoms with Crippen LogP contribution in [0.15, 0.2) is 200 Å². The van der Waals surface area contributed by atoms with E-state index in [9.17, 15) is 0 Å². The molecule has 0 unspecified atom stereocenters. The molecular formula is C60H41NS. The lowest BCUT2D eigenvalue weighted by Crippen LogP contribution is -2.04. The molecule has 1 nitrogen and oxygen atoms in total. The van der Waals surface area contributed by atoms with E-state index < -0.39 is 0 Å². The van der Waals surface area contributed by atoms with Crippen LogP contribution in [0, 0.1) is 0 Å². The third-order valence-electron chi connectivity index (χ3n) is 13.6. The first kappa shape index (κ1) is 35.5. The third-order valence-corrected chi connectivity index (χ3v) is 14.8. The molecule has 62 heavy (non-hydrogen) atoms. The van der Waals surface area contributed by atoms with Gasteiger partial charge in [-0.15, -0.1) is 11.3 Å². The van der Waals surface area contributed by atoms with Gasteiger partial charge < -0.3 is 4.57 Å². The smallest absolute Gasteiger partial charge is 0.0541 e. The van der Waals surface area contributed by atoms with Gasteiger partial charge in [0.05, 0.1) is 11.0 Å². The van der Waals surface area contributed by atoms with Crippen LogP contribution in [0.5, 0.6) is 0 Å². The zero-order valence-electron chi connectivity index (χ0n) is 34.2. The number of nitrogens with zero attached hydrogens (tertiary/aromatic N) is 1. The molecule has 0 radical (unpaired) electrons. The predicted molar refractivity (Wildman–Crippen MR) is 267 cm³/mol. The topological polar surface area (TPSA) is 4.93 Å². The summed E-state index contributed by atoms with van der Waals surface area (Å²) >= 11 is 1.90. The van der Waals surface area contributed by atoms with Crippen LogP contribution in [0.25, 0.3) is 114 Å². The third kappa shape index (κ3) is 5.46. The van der Waals surface area contributed by atoms with Crippen LogP contribution in [0.2, 0.25) is 0 Å². The molecule has 0 N–H and O–H groups in total. The lowest BCUT2D eigenvalue weighted by molar-refractivity contribution is 0.687. The standard InChI is InChI=1S/C60H41NS/c1-2-15-39(16-3-1)58-48-20-6-8-22-50(48)59(51-23-9-7-21-49(51)58)40-28-32-43(33-29-40)61-55-34-30-41(45-24-12-17-38-14-4-5-18-44(38)45)36-53(55)54-37-42(31-35-56(54)61)46-25-13-26-52-47-19-10-11-27-57(47)62-60(46)52/h1-3,6-13,15-17,19-37H,4-5,14,18H2. The number of fused-ring (bicyclic) bond motifs is 9. The summed E-state index contributed by atoms with van der Waals surface area (Å²) in [4.78, 5) is 0. The molecule has 0 atom stereocenters. The van der Waals surface area contributed by atoms with E-state index >= 15 is 0 Å². The maximum absolute atomic E-state index is 2.48. The van der Waals surface area contributed by atoms with Crippen molar-refractivity contribution < 1.29 is 0 Å². The Balaban J connectivity index is 1.01. The molecule has 0 amide bonds. The Labute approximate surface area is 364 Å². The van der Waals surface area contributed by atoms with Gasteiger partial charge in [-0.2, -0.15) is 0 Å². The average molecular weight is 808 g/mol. The lowest BCUT2D eigenvalue weighted by Gasteiger charge is -2.19. The number of benzene rings is 10. The number of hydrogen-bond acceptors (Lipinski definition) is 1. The van der Waals surface area contributed by atoms with Gasteiger partial charge in [0.15, 0.2) is 0 Å². The van der Waals surface area contributed by atoms with E-state index in [-0.39, 0.29) is 0 Å². The molecule has 0 bridgehead atoms. The first-order valence-electron chi connectivity index (χ1n) is 22.0. The first-order valence-corrected chi connectivity index (χ1v) is 22.8. The summed E-state index contributed by atoms with van der Waals surface area (Å²) in [5.74, 6) is 0. The second kappa shape index (κ2) is 14.2. The van der Waals surface area contributed by atoms with Crippen LogP contribution >= 0.6 is 11.3 Å². The normalized spacial score (nSPS) is 12.9. The minimum atomic E-state index is 1.15. The fraction of sp³-hybridized carbons (Fsp3) is 0.0667. The fourth-order valence-corrected chi connectivity index (χ4v) is 12.0. The molecule has 10 aromatic carbocycles. The van der Waals surface area contributed by atoms with E-state index in [0.29, 0.717) is 0 Å². The first-order chi connectivity index (χ1) is 30.8. The van der Waals surface area contributed by atoms with Crippen LogP contribution in [0.4, 0.5) is 0 Å². The van der Waals surface area contributed by atoms with Crippen molar-refractivity contribution in [2.75, 3.05) is 0 Å². The van der Waals surface area contributed by atoms with E-state index in [4.69, 9.17) is 0 Å². The molecule has 0 spiro atoms. The number of aromatic nitrogens is 1. The Morgan fingerprint density at radius 1 is 0.355 bits per heavy atom. The Bertz CT molecular complexity index is 3680. The summed E-state index contributed by atoms with van der Waals surface area (Å²) in [5.41, 5.74) is 16.9. The summed E-state index contributed by atoms with van der Waals surface area (Å²) in [6.45, 7) is 0. The van der Waals surface area contributed by atoms with Crippen molar-refractivity contribution in [3.63, 3.8) is 0 Å². The second-order valence-electron chi connectivity index (χ2n) is 17.0. The molecule has 2 aromatic heterocycles. The summed E-state index contributed by atoms with van der Waals surface area (Å²) in [6, 6.07) is 75.0. The molecule has 0 saturated heterocycles. The van der Waals surface area contributed by atoms with Crippen LogP contribution in [-0.4, -0.2) is 4.57 Å². The van der Waals surface area contributed by atoms with E-state index in [1.807, 2.05) is 11.3 Å². The highest BCUT2D eigenvalue weighted by Crippen LogP contribution is 2.46. The van der Waals surface area contributed by atoms with E-state index in [1.54, 1.807) is 0 Å². The molecule has 2 heteroatoms. The van der Waals surface area contributed by atoms with E-state index in [0.717, 1.165) is 12.1 Å². The maximum atomic E-state index is 2.48. The van der Waals surface area contributed by atoms with Crippen molar-refractivity contribution in [1.29, 1.82) is 0 Å². The zero-order chi connectivity index (χ0) is 40.7. The highest BCUT2D eigenvalue weighted by molar-refractivity contribution is 7.26. The van der Waals surface area contributed by atoms with Gasteiger partial charge in [-0.1, -0.05) is 158 Å². The molecule has 1 aliphatic carbocycles. The SMILES string of the molecule is c1ccc(-c2c3ccccc3c(-c3ccc(-n4c5ccc(-c6cccc7c6CCCC7)cc5c5cc(-c6cccc7c6sc6ccccc67)ccc54)cc3)c3ccccc23)cc1. The van der Waals surface area contributed by atoms with Crippen molar-refractivity contribution >= 4 is 74.9 Å². The molecular weight excluding hydrogens is 767 g/mol. The highest BCUT2D eigenvalue weighted by Gasteiger charge is 2.21. The minimum Gasteiger partial charge on any atom is -0.309 e. The number of thiophene rings is 1. The Morgan fingerprint density at radius 3 is 1.55 bits per heavy atom. The largest absolute Gasteiger partial charge is 0.309 e. The molecule has 13 rings (SSSR count). The van der Waals surface area contributed by atoms with Gasteiger partial charge in [0.1, 0.15) is 0 Å². The summed E-state index contributed by atoms with van der Waals surface area (Å²) in [5, 5.41) is 10.3. The van der Waals surface area contributed by atoms with E-state index in [2.05, 4.69) is 205 Å². The van der Waals surface area contributed by atoms with Gasteiger partial charge >= 0.3 is 0 Å². The van der Waals surface area contributed by atoms with Crippen molar-refractivity contribution in [1.82, 2.24) is 4.57 Å². The predicted octanol–water partition coefficient (Wildman–Crippen LogP) is 17.0. The van der Waals surface area contributed by atoms with Gasteiger partial charge in [-0.25, -0.2) is 0 Å². The molecule has 12 aromatic rings. The molecule has 0 aliphatic heterocycles. The summed E-state index contributed by atoms with van der Waals surface area (Å²) in [6.07, 6.45) is 4.87. The van der Waals surface area contributed by atoms with Gasteiger partial charge in [0.25, 0.3) is 0 Å². The number of hydrogen-bond donors (Lipinski definition) is 0. The molecule has 292 valence electrons. The van der Waals surface area contributed by atoms with Crippen molar-refractivity contribution in [3.8, 4) is 50.2 Å². The van der Waals surface area contributed by atoms with Gasteiger partial charge in [-0.3, -0.25) is 0 Å². The van der Waals surface area contributed by atoms with Crippen molar-refractivity contribution in [2.45, 2.75) is 25.7 Å². The Kier molecular flexibility index (Phi) is 8.11. The monoisotopic (exact) mass is 807 g/mol. The van der Waals surface area contributed by atoms with Crippen molar-refractivity contribution in [2.24, 2.45) is 0 Å². The second-order valence-corrected chi connectivity index (χ2v) is 18.0. The quantitative estimate of drug-likeness (QED) is 0.153. The number of rotatable bonds is 5. The molecule has 0 fully saturated rings. The Hall–Kier alpha value is -7.26. The molecule has 0 saturated carbocycles. The summed E-state index contributed by atoms with van der Waals surface area (Å²) in [7, 11) is 0. The fourth-order valence-electron chi connectivity index (χ4n) is 10.8. The summed E-state index contributed by atoms with van der Waals surface area (Å²) < 4.78 is 5.16. The van der Waals surface area contributed by atoms with Crippen molar-refractivity contribution in [3.05, 3.63) is 211 Å². The van der Waals surface area contributed by atoms with Crippen LogP contribution in [0.3, 0.4) is 0 Å². The molecule has 2 heterocycles. The lowest BCUT2D eigenvalue weighted by atomic mass is 9.85. The highest BCUT2D eigenvalue weighted by atomic mass is 32.1. The van der Waals surface area contributed by atoms with Gasteiger partial charge in [0.2, 0.25) is 0 Å². The zero-order valence-corrected chi connectivity index (χ0v) is 35.1. The minimum absolute atomic E-state index is 1.15. The molecule has 1 aliphatic rings. The maximum Gasteiger partial charge on any atom is 0.0541 e. The van der Waals surface area contributed by atoms with Crippen LogP contribution in [-0.2, 0) is 12.8 Å². The van der Waals surface area contributed by atoms with Gasteiger partial charge in [-0.05, 0) is 145 Å². The van der Waals surface area contributed by atoms with Crippen LogP contribution in [0.1, 0.15) is 24.0 Å². The van der Waals surface area contributed by atoms with Gasteiger partial charge in [0, 0.05) is 36.6 Å². The Morgan fingerprint density at radius 2 is 0.871 bits per heavy atom. The van der Waals surface area contributed by atoms with Crippen LogP contribution < -0.4 is 0 Å². The van der Waals surface area contributed by atoms with E-state index in [1.165, 1.54) is 138 Å².